The van der Waals surface area contributed by atoms with E-state index in [1.165, 1.54) is 29.5 Å². The standard InChI is InChI=1S/C15H18N2/c1-11-2-4-13-5-3-12(7-14(13)6-11)8-15-9-16-10-17-15/h2,4,6-7,10,15H,3,5,8-9H2,1H3,(H,16,17). The highest BCUT2D eigenvalue weighted by Crippen LogP contribution is 2.27. The molecule has 2 aliphatic rings. The van der Waals surface area contributed by atoms with Gasteiger partial charge in [-0.15, -0.1) is 0 Å². The topological polar surface area (TPSA) is 24.4 Å². The first-order chi connectivity index (χ1) is 8.31. The van der Waals surface area contributed by atoms with E-state index < -0.39 is 0 Å². The van der Waals surface area contributed by atoms with Gasteiger partial charge in [-0.25, -0.2) is 0 Å². The molecule has 0 saturated carbocycles. The molecule has 0 aromatic heterocycles. The Morgan fingerprint density at radius 1 is 1.35 bits per heavy atom. The van der Waals surface area contributed by atoms with Crippen molar-refractivity contribution >= 4 is 12.4 Å². The fraction of sp³-hybridized carbons (Fsp3) is 0.400. The molecule has 1 aromatic rings. The molecular formula is C15H18N2. The quantitative estimate of drug-likeness (QED) is 0.824. The van der Waals surface area contributed by atoms with E-state index >= 15 is 0 Å². The number of nitrogens with zero attached hydrogens (tertiary/aromatic N) is 1. The Morgan fingerprint density at radius 2 is 2.29 bits per heavy atom. The number of hydrogen-bond donors (Lipinski definition) is 1. The second-order valence-electron chi connectivity index (χ2n) is 5.05. The van der Waals surface area contributed by atoms with Crippen LogP contribution in [0.1, 0.15) is 29.5 Å². The summed E-state index contributed by atoms with van der Waals surface area (Å²) >= 11 is 0. The molecule has 2 nitrogen and oxygen atoms in total. The van der Waals surface area contributed by atoms with E-state index in [9.17, 15) is 0 Å². The van der Waals surface area contributed by atoms with Crippen LogP contribution in [0, 0.1) is 6.92 Å². The first-order valence-electron chi connectivity index (χ1n) is 6.35. The Kier molecular flexibility index (Phi) is 2.71. The molecule has 1 aliphatic carbocycles. The Hall–Kier alpha value is -1.57. The highest BCUT2D eigenvalue weighted by Gasteiger charge is 2.16. The number of benzene rings is 1. The van der Waals surface area contributed by atoms with Gasteiger partial charge < -0.3 is 5.32 Å². The van der Waals surface area contributed by atoms with Gasteiger partial charge in [0.25, 0.3) is 0 Å². The summed E-state index contributed by atoms with van der Waals surface area (Å²) in [5.74, 6) is 0. The molecule has 0 amide bonds. The molecular weight excluding hydrogens is 208 g/mol. The third-order valence-electron chi connectivity index (χ3n) is 3.60. The van der Waals surface area contributed by atoms with E-state index in [1.807, 2.05) is 6.34 Å². The van der Waals surface area contributed by atoms with Crippen molar-refractivity contribution in [3.8, 4) is 0 Å². The van der Waals surface area contributed by atoms with Gasteiger partial charge in [0, 0.05) is 6.54 Å². The largest absolute Gasteiger partial charge is 0.374 e. The maximum Gasteiger partial charge on any atom is 0.0828 e. The minimum absolute atomic E-state index is 0.451. The van der Waals surface area contributed by atoms with Gasteiger partial charge in [0.05, 0.1) is 12.4 Å². The van der Waals surface area contributed by atoms with E-state index in [-0.39, 0.29) is 0 Å². The lowest BCUT2D eigenvalue weighted by molar-refractivity contribution is 0.668. The van der Waals surface area contributed by atoms with Crippen LogP contribution in [0.25, 0.3) is 6.08 Å². The van der Waals surface area contributed by atoms with Gasteiger partial charge in [0.1, 0.15) is 0 Å². The maximum absolute atomic E-state index is 4.43. The van der Waals surface area contributed by atoms with E-state index in [4.69, 9.17) is 0 Å². The Morgan fingerprint density at radius 3 is 3.12 bits per heavy atom. The molecule has 88 valence electrons. The number of rotatable bonds is 2. The predicted molar refractivity (Wildman–Crippen MR) is 72.4 cm³/mol. The second kappa shape index (κ2) is 4.36. The molecule has 0 radical (unpaired) electrons. The van der Waals surface area contributed by atoms with Gasteiger partial charge >= 0.3 is 0 Å². The van der Waals surface area contributed by atoms with Gasteiger partial charge in [-0.1, -0.05) is 35.4 Å². The smallest absolute Gasteiger partial charge is 0.0828 e. The maximum atomic E-state index is 4.43. The van der Waals surface area contributed by atoms with Gasteiger partial charge in [-0.05, 0) is 37.3 Å². The molecule has 1 heterocycles. The van der Waals surface area contributed by atoms with Gasteiger partial charge in [-0.2, -0.15) is 0 Å². The molecule has 0 fully saturated rings. The summed E-state index contributed by atoms with van der Waals surface area (Å²) in [6.07, 6.45) is 7.70. The average molecular weight is 226 g/mol. The van der Waals surface area contributed by atoms with Crippen molar-refractivity contribution in [2.24, 2.45) is 4.99 Å². The van der Waals surface area contributed by atoms with Crippen molar-refractivity contribution in [1.29, 1.82) is 0 Å². The van der Waals surface area contributed by atoms with E-state index in [0.717, 1.165) is 13.0 Å². The predicted octanol–water partition coefficient (Wildman–Crippen LogP) is 2.71. The lowest BCUT2D eigenvalue weighted by atomic mass is 9.88. The average Bonchev–Trinajstić information content (AvgIpc) is 2.81. The van der Waals surface area contributed by atoms with Crippen LogP contribution >= 0.6 is 0 Å². The van der Waals surface area contributed by atoms with E-state index in [2.05, 4.69) is 41.5 Å². The lowest BCUT2D eigenvalue weighted by Crippen LogP contribution is -2.16. The number of nitrogens with one attached hydrogen (secondary N) is 1. The molecule has 17 heavy (non-hydrogen) atoms. The highest BCUT2D eigenvalue weighted by atomic mass is 15.0. The summed E-state index contributed by atoms with van der Waals surface area (Å²) in [6.45, 7) is 3.16. The molecule has 1 aliphatic heterocycles. The monoisotopic (exact) mass is 226 g/mol. The summed E-state index contributed by atoms with van der Waals surface area (Å²) in [4.78, 5) is 4.43. The number of hydrogen-bond acceptors (Lipinski definition) is 2. The van der Waals surface area contributed by atoms with Crippen molar-refractivity contribution in [3.63, 3.8) is 0 Å². The van der Waals surface area contributed by atoms with Crippen LogP contribution in [0.3, 0.4) is 0 Å². The van der Waals surface area contributed by atoms with Crippen LogP contribution in [0.2, 0.25) is 0 Å². The van der Waals surface area contributed by atoms with Crippen molar-refractivity contribution in [2.45, 2.75) is 32.2 Å². The van der Waals surface area contributed by atoms with Crippen molar-refractivity contribution in [3.05, 3.63) is 40.5 Å². The van der Waals surface area contributed by atoms with Crippen LogP contribution < -0.4 is 5.32 Å². The molecule has 0 bridgehead atoms. The number of aliphatic imine (C=N–C) groups is 1. The van der Waals surface area contributed by atoms with Crippen LogP contribution in [0.5, 0.6) is 0 Å². The fourth-order valence-electron chi connectivity index (χ4n) is 2.65. The van der Waals surface area contributed by atoms with Crippen molar-refractivity contribution in [1.82, 2.24) is 5.32 Å². The van der Waals surface area contributed by atoms with Crippen LogP contribution in [0.4, 0.5) is 0 Å². The Bertz CT molecular complexity index is 486. The van der Waals surface area contributed by atoms with Crippen LogP contribution in [-0.4, -0.2) is 18.9 Å². The Labute approximate surface area is 102 Å². The molecule has 2 heteroatoms. The first-order valence-corrected chi connectivity index (χ1v) is 6.35. The Balaban J connectivity index is 1.81. The third-order valence-corrected chi connectivity index (χ3v) is 3.60. The van der Waals surface area contributed by atoms with E-state index in [1.54, 1.807) is 5.57 Å². The molecule has 3 rings (SSSR count). The molecule has 1 unspecified atom stereocenters. The molecule has 1 aromatic carbocycles. The zero-order valence-electron chi connectivity index (χ0n) is 10.2. The SMILES string of the molecule is Cc1ccc2c(c1)C=C(CC1CNC=N1)CC2. The molecule has 1 atom stereocenters. The minimum Gasteiger partial charge on any atom is -0.374 e. The zero-order valence-corrected chi connectivity index (χ0v) is 10.2. The molecule has 0 spiro atoms. The minimum atomic E-state index is 0.451. The number of fused-ring (bicyclic) bond motifs is 1. The summed E-state index contributed by atoms with van der Waals surface area (Å²) in [7, 11) is 0. The normalized spacial score (nSPS) is 21.9. The van der Waals surface area contributed by atoms with Crippen LogP contribution in [-0.2, 0) is 6.42 Å². The summed E-state index contributed by atoms with van der Waals surface area (Å²) in [6, 6.07) is 7.23. The van der Waals surface area contributed by atoms with E-state index in [0.29, 0.717) is 6.04 Å². The summed E-state index contributed by atoms with van der Waals surface area (Å²) < 4.78 is 0. The van der Waals surface area contributed by atoms with Gasteiger partial charge in [0.2, 0.25) is 0 Å². The number of aryl methyl sites for hydroxylation is 2. The van der Waals surface area contributed by atoms with Gasteiger partial charge in [0.15, 0.2) is 0 Å². The second-order valence-corrected chi connectivity index (χ2v) is 5.05. The fourth-order valence-corrected chi connectivity index (χ4v) is 2.65. The summed E-state index contributed by atoms with van der Waals surface area (Å²) in [5.41, 5.74) is 5.81. The molecule has 1 N–H and O–H groups in total. The zero-order chi connectivity index (χ0) is 11.7. The van der Waals surface area contributed by atoms with Gasteiger partial charge in [-0.3, -0.25) is 4.99 Å². The van der Waals surface area contributed by atoms with Crippen molar-refractivity contribution in [2.75, 3.05) is 6.54 Å². The first kappa shape index (κ1) is 10.6. The summed E-state index contributed by atoms with van der Waals surface area (Å²) in [5, 5.41) is 3.17. The lowest BCUT2D eigenvalue weighted by Gasteiger charge is -2.18. The molecule has 0 saturated heterocycles. The highest BCUT2D eigenvalue weighted by molar-refractivity contribution is 5.61. The van der Waals surface area contributed by atoms with Crippen LogP contribution in [0.15, 0.2) is 28.8 Å². The third kappa shape index (κ3) is 2.26. The van der Waals surface area contributed by atoms with Crippen molar-refractivity contribution < 1.29 is 0 Å².